The van der Waals surface area contributed by atoms with Crippen LogP contribution in [-0.4, -0.2) is 34.1 Å². The van der Waals surface area contributed by atoms with Crippen LogP contribution in [0.2, 0.25) is 0 Å². The average Bonchev–Trinajstić information content (AvgIpc) is 2.31. The maximum atomic E-state index is 5.43. The minimum Gasteiger partial charge on any atom is -0.380 e. The summed E-state index contributed by atoms with van der Waals surface area (Å²) in [5.74, 6) is 0.872. The van der Waals surface area contributed by atoms with Crippen LogP contribution in [-0.2, 0) is 0 Å². The average molecular weight is 171 g/mol. The SMILES string of the molecule is CN(C)C=Nc1nsnc1N. The first kappa shape index (κ1) is 7.93. The molecule has 0 unspecified atom stereocenters. The minimum absolute atomic E-state index is 0.383. The van der Waals surface area contributed by atoms with Gasteiger partial charge in [0.25, 0.3) is 0 Å². The molecule has 5 nitrogen and oxygen atoms in total. The molecule has 1 rings (SSSR count). The van der Waals surface area contributed by atoms with Gasteiger partial charge in [-0.25, -0.2) is 4.99 Å². The van der Waals surface area contributed by atoms with Crippen molar-refractivity contribution in [3.8, 4) is 0 Å². The van der Waals surface area contributed by atoms with Crippen LogP contribution in [0.1, 0.15) is 0 Å². The summed E-state index contributed by atoms with van der Waals surface area (Å²) >= 11 is 1.06. The predicted octanol–water partition coefficient (Wildman–Crippen LogP) is 0.342. The van der Waals surface area contributed by atoms with Crippen LogP contribution < -0.4 is 5.73 Å². The summed E-state index contributed by atoms with van der Waals surface area (Å²) < 4.78 is 7.64. The summed E-state index contributed by atoms with van der Waals surface area (Å²) in [6.45, 7) is 0. The second-order valence-corrected chi connectivity index (χ2v) is 2.71. The van der Waals surface area contributed by atoms with Crippen molar-refractivity contribution in [2.75, 3.05) is 19.8 Å². The van der Waals surface area contributed by atoms with Gasteiger partial charge in [0.05, 0.1) is 18.1 Å². The second-order valence-electron chi connectivity index (χ2n) is 2.18. The molecular formula is C5H9N5S. The van der Waals surface area contributed by atoms with E-state index in [9.17, 15) is 0 Å². The molecule has 0 saturated heterocycles. The van der Waals surface area contributed by atoms with Crippen LogP contribution in [0.15, 0.2) is 4.99 Å². The van der Waals surface area contributed by atoms with Gasteiger partial charge < -0.3 is 10.6 Å². The molecule has 1 aromatic heterocycles. The fourth-order valence-corrected chi connectivity index (χ4v) is 0.879. The third-order valence-electron chi connectivity index (χ3n) is 0.907. The number of hydrogen-bond donors (Lipinski definition) is 1. The first-order valence-electron chi connectivity index (χ1n) is 2.99. The molecule has 0 fully saturated rings. The standard InChI is InChI=1S/C5H9N5S/c1-10(2)3-7-5-4(6)8-11-9-5/h3H,1-2H3,(H2,6,8). The Balaban J connectivity index is 2.71. The lowest BCUT2D eigenvalue weighted by Gasteiger charge is -2.00. The quantitative estimate of drug-likeness (QED) is 0.514. The maximum Gasteiger partial charge on any atom is 0.211 e. The summed E-state index contributed by atoms with van der Waals surface area (Å²) in [5.41, 5.74) is 5.43. The molecule has 0 spiro atoms. The van der Waals surface area contributed by atoms with E-state index < -0.39 is 0 Å². The molecule has 0 aliphatic carbocycles. The molecule has 0 aromatic carbocycles. The monoisotopic (exact) mass is 171 g/mol. The number of hydrogen-bond acceptors (Lipinski definition) is 5. The highest BCUT2D eigenvalue weighted by atomic mass is 32.1. The van der Waals surface area contributed by atoms with E-state index in [1.54, 1.807) is 11.2 Å². The van der Waals surface area contributed by atoms with Gasteiger partial charge in [0, 0.05) is 14.1 Å². The normalized spacial score (nSPS) is 10.7. The van der Waals surface area contributed by atoms with Gasteiger partial charge >= 0.3 is 0 Å². The summed E-state index contributed by atoms with van der Waals surface area (Å²) in [7, 11) is 3.75. The van der Waals surface area contributed by atoms with E-state index in [0.29, 0.717) is 11.6 Å². The topological polar surface area (TPSA) is 67.4 Å². The van der Waals surface area contributed by atoms with Gasteiger partial charge in [-0.15, -0.1) is 0 Å². The zero-order chi connectivity index (χ0) is 8.27. The summed E-state index contributed by atoms with van der Waals surface area (Å²) in [4.78, 5) is 5.78. The number of aliphatic imine (C=N–C) groups is 1. The zero-order valence-electron chi connectivity index (χ0n) is 6.35. The molecule has 0 aliphatic rings. The number of nitrogens with two attached hydrogens (primary N) is 1. The number of rotatable bonds is 2. The summed E-state index contributed by atoms with van der Waals surface area (Å²) in [6, 6.07) is 0. The third-order valence-corrected chi connectivity index (χ3v) is 1.44. The third kappa shape index (κ3) is 2.15. The minimum atomic E-state index is 0.383. The second kappa shape index (κ2) is 3.29. The molecule has 0 atom stereocenters. The lowest BCUT2D eigenvalue weighted by Crippen LogP contribution is -2.07. The molecule has 60 valence electrons. The van der Waals surface area contributed by atoms with E-state index in [2.05, 4.69) is 13.7 Å². The molecule has 0 bridgehead atoms. The van der Waals surface area contributed by atoms with Crippen LogP contribution >= 0.6 is 11.7 Å². The molecule has 0 radical (unpaired) electrons. The molecule has 6 heteroatoms. The van der Waals surface area contributed by atoms with E-state index >= 15 is 0 Å². The van der Waals surface area contributed by atoms with Gasteiger partial charge in [-0.1, -0.05) is 0 Å². The Hall–Kier alpha value is -1.17. The maximum absolute atomic E-state index is 5.43. The number of nitrogen functional groups attached to an aromatic ring is 1. The number of aromatic nitrogens is 2. The van der Waals surface area contributed by atoms with Crippen molar-refractivity contribution in [1.82, 2.24) is 13.6 Å². The fraction of sp³-hybridized carbons (Fsp3) is 0.400. The molecule has 1 heterocycles. The summed E-state index contributed by atoms with van der Waals surface area (Å²) in [6.07, 6.45) is 1.63. The Kier molecular flexibility index (Phi) is 2.37. The predicted molar refractivity (Wildman–Crippen MR) is 46.2 cm³/mol. The molecule has 0 amide bonds. The van der Waals surface area contributed by atoms with Gasteiger partial charge in [0.2, 0.25) is 5.82 Å². The van der Waals surface area contributed by atoms with Crippen LogP contribution in [0.5, 0.6) is 0 Å². The van der Waals surface area contributed by atoms with Crippen molar-refractivity contribution >= 4 is 29.7 Å². The Bertz CT molecular complexity index is 253. The van der Waals surface area contributed by atoms with E-state index in [-0.39, 0.29) is 0 Å². The highest BCUT2D eigenvalue weighted by Gasteiger charge is 1.99. The van der Waals surface area contributed by atoms with Crippen LogP contribution in [0, 0.1) is 0 Å². The van der Waals surface area contributed by atoms with Crippen LogP contribution in [0.4, 0.5) is 11.6 Å². The van der Waals surface area contributed by atoms with E-state index in [1.165, 1.54) is 0 Å². The molecule has 0 saturated carbocycles. The lowest BCUT2D eigenvalue weighted by molar-refractivity contribution is 0.643. The highest BCUT2D eigenvalue weighted by Crippen LogP contribution is 2.16. The fourth-order valence-electron chi connectivity index (χ4n) is 0.451. The van der Waals surface area contributed by atoms with Gasteiger partial charge in [0.15, 0.2) is 5.82 Å². The van der Waals surface area contributed by atoms with Crippen molar-refractivity contribution in [1.29, 1.82) is 0 Å². The van der Waals surface area contributed by atoms with Gasteiger partial charge in [-0.05, 0) is 0 Å². The van der Waals surface area contributed by atoms with Crippen LogP contribution in [0.3, 0.4) is 0 Å². The number of nitrogens with zero attached hydrogens (tertiary/aromatic N) is 4. The first-order chi connectivity index (χ1) is 5.20. The zero-order valence-corrected chi connectivity index (χ0v) is 7.17. The molecule has 2 N–H and O–H groups in total. The summed E-state index contributed by atoms with van der Waals surface area (Å²) in [5, 5.41) is 0. The first-order valence-corrected chi connectivity index (χ1v) is 3.72. The molecule has 0 aliphatic heterocycles. The molecule has 11 heavy (non-hydrogen) atoms. The van der Waals surface area contributed by atoms with Crippen molar-refractivity contribution in [2.24, 2.45) is 4.99 Å². The van der Waals surface area contributed by atoms with Crippen LogP contribution in [0.25, 0.3) is 0 Å². The highest BCUT2D eigenvalue weighted by molar-refractivity contribution is 6.99. The lowest BCUT2D eigenvalue weighted by atomic mass is 10.7. The van der Waals surface area contributed by atoms with Crippen molar-refractivity contribution in [3.63, 3.8) is 0 Å². The van der Waals surface area contributed by atoms with Crippen molar-refractivity contribution in [2.45, 2.75) is 0 Å². The number of anilines is 1. The van der Waals surface area contributed by atoms with E-state index in [0.717, 1.165) is 11.7 Å². The Morgan fingerprint density at radius 2 is 2.27 bits per heavy atom. The van der Waals surface area contributed by atoms with Crippen molar-refractivity contribution < 1.29 is 0 Å². The molecule has 1 aromatic rings. The van der Waals surface area contributed by atoms with Crippen molar-refractivity contribution in [3.05, 3.63) is 0 Å². The van der Waals surface area contributed by atoms with Gasteiger partial charge in [-0.2, -0.15) is 8.75 Å². The van der Waals surface area contributed by atoms with Gasteiger partial charge in [-0.3, -0.25) is 0 Å². The Morgan fingerprint density at radius 1 is 1.55 bits per heavy atom. The van der Waals surface area contributed by atoms with E-state index in [4.69, 9.17) is 5.73 Å². The largest absolute Gasteiger partial charge is 0.380 e. The van der Waals surface area contributed by atoms with E-state index in [1.807, 2.05) is 14.1 Å². The molecular weight excluding hydrogens is 162 g/mol. The Labute approximate surface area is 68.9 Å². The smallest absolute Gasteiger partial charge is 0.211 e. The Morgan fingerprint density at radius 3 is 2.73 bits per heavy atom. The van der Waals surface area contributed by atoms with Gasteiger partial charge in [0.1, 0.15) is 0 Å².